The molecule has 0 bridgehead atoms. The Morgan fingerprint density at radius 3 is 2.73 bits per heavy atom. The molecule has 3 saturated heterocycles. The molecule has 1 unspecified atom stereocenters. The van der Waals surface area contributed by atoms with E-state index in [0.717, 1.165) is 44.5 Å². The highest BCUT2D eigenvalue weighted by molar-refractivity contribution is 5.76. The minimum Gasteiger partial charge on any atom is -0.383 e. The van der Waals surface area contributed by atoms with Crippen molar-refractivity contribution in [1.29, 1.82) is 0 Å². The van der Waals surface area contributed by atoms with Gasteiger partial charge in [-0.3, -0.25) is 9.59 Å². The summed E-state index contributed by atoms with van der Waals surface area (Å²) in [5.41, 5.74) is 0.711. The number of hydrogen-bond acceptors (Lipinski definition) is 7. The summed E-state index contributed by atoms with van der Waals surface area (Å²) < 4.78 is 17.9. The number of carbonyl (C=O) groups is 1. The summed E-state index contributed by atoms with van der Waals surface area (Å²) in [5, 5.41) is 4.27. The second-order valence-corrected chi connectivity index (χ2v) is 8.41. The van der Waals surface area contributed by atoms with Crippen molar-refractivity contribution in [2.45, 2.75) is 44.4 Å². The highest BCUT2D eigenvalue weighted by Crippen LogP contribution is 2.32. The standard InChI is InChI=1S/C21H32N4O5/c1-28-10-9-25-20(27)14-18(15-22-25)24-6-2-3-17(16-24)13-19(26)23-7-4-21(5-8-23)29-11-12-30-21/h14-15,17H,2-13,16H2,1H3. The van der Waals surface area contributed by atoms with E-state index in [0.29, 0.717) is 45.9 Å². The molecular weight excluding hydrogens is 388 g/mol. The fraction of sp³-hybridized carbons (Fsp3) is 0.762. The lowest BCUT2D eigenvalue weighted by atomic mass is 9.93. The molecule has 30 heavy (non-hydrogen) atoms. The van der Waals surface area contributed by atoms with Crippen LogP contribution in [0.25, 0.3) is 0 Å². The van der Waals surface area contributed by atoms with Crippen molar-refractivity contribution in [3.8, 4) is 0 Å². The third-order valence-electron chi connectivity index (χ3n) is 6.40. The number of rotatable bonds is 6. The summed E-state index contributed by atoms with van der Waals surface area (Å²) in [6.07, 6.45) is 5.83. The van der Waals surface area contributed by atoms with Gasteiger partial charge in [0.2, 0.25) is 5.91 Å². The van der Waals surface area contributed by atoms with E-state index in [2.05, 4.69) is 10.00 Å². The molecule has 3 aliphatic heterocycles. The smallest absolute Gasteiger partial charge is 0.268 e. The summed E-state index contributed by atoms with van der Waals surface area (Å²) >= 11 is 0. The number of carbonyl (C=O) groups excluding carboxylic acids is 1. The largest absolute Gasteiger partial charge is 0.383 e. The van der Waals surface area contributed by atoms with Crippen molar-refractivity contribution in [2.75, 3.05) is 58.0 Å². The van der Waals surface area contributed by atoms with Gasteiger partial charge in [0.1, 0.15) is 0 Å². The van der Waals surface area contributed by atoms with Crippen LogP contribution in [0.4, 0.5) is 5.69 Å². The minimum absolute atomic E-state index is 0.124. The lowest BCUT2D eigenvalue weighted by Gasteiger charge is -2.39. The molecule has 3 fully saturated rings. The number of piperidine rings is 2. The zero-order chi connectivity index (χ0) is 21.0. The van der Waals surface area contributed by atoms with Crippen LogP contribution in [0.2, 0.25) is 0 Å². The van der Waals surface area contributed by atoms with Crippen molar-refractivity contribution < 1.29 is 19.0 Å². The number of hydrogen-bond donors (Lipinski definition) is 0. The van der Waals surface area contributed by atoms with Crippen LogP contribution in [0.1, 0.15) is 32.1 Å². The maximum Gasteiger partial charge on any atom is 0.268 e. The summed E-state index contributed by atoms with van der Waals surface area (Å²) in [5.74, 6) is 0.0503. The number of aromatic nitrogens is 2. The van der Waals surface area contributed by atoms with Crippen LogP contribution in [0.3, 0.4) is 0 Å². The monoisotopic (exact) mass is 420 g/mol. The van der Waals surface area contributed by atoms with Crippen molar-refractivity contribution in [2.24, 2.45) is 5.92 Å². The van der Waals surface area contributed by atoms with Crippen molar-refractivity contribution in [3.63, 3.8) is 0 Å². The van der Waals surface area contributed by atoms with Gasteiger partial charge < -0.3 is 24.0 Å². The SMILES string of the molecule is COCCn1ncc(N2CCCC(CC(=O)N3CCC4(CC3)OCCO4)C2)cc1=O. The number of amides is 1. The summed E-state index contributed by atoms with van der Waals surface area (Å²) in [4.78, 5) is 29.3. The van der Waals surface area contributed by atoms with Crippen LogP contribution in [0.5, 0.6) is 0 Å². The molecule has 1 atom stereocenters. The Morgan fingerprint density at radius 2 is 2.03 bits per heavy atom. The van der Waals surface area contributed by atoms with Gasteiger partial charge in [0.15, 0.2) is 5.79 Å². The Kier molecular flexibility index (Phi) is 6.70. The van der Waals surface area contributed by atoms with Gasteiger partial charge in [0.25, 0.3) is 5.56 Å². The molecule has 3 aliphatic rings. The topological polar surface area (TPSA) is 86.1 Å². The van der Waals surface area contributed by atoms with E-state index in [-0.39, 0.29) is 17.4 Å². The van der Waals surface area contributed by atoms with Gasteiger partial charge in [-0.1, -0.05) is 0 Å². The number of likely N-dealkylation sites (tertiary alicyclic amines) is 1. The summed E-state index contributed by atoms with van der Waals surface area (Å²) in [6, 6.07) is 1.64. The maximum atomic E-state index is 12.9. The Hall–Kier alpha value is -1.97. The molecule has 0 aromatic carbocycles. The second-order valence-electron chi connectivity index (χ2n) is 8.41. The molecule has 1 aromatic rings. The number of methoxy groups -OCH3 is 1. The van der Waals surface area contributed by atoms with Crippen molar-refractivity contribution >= 4 is 11.6 Å². The number of ether oxygens (including phenoxy) is 3. The molecule has 0 aliphatic carbocycles. The molecule has 4 rings (SSSR count). The van der Waals surface area contributed by atoms with Gasteiger partial charge >= 0.3 is 0 Å². The Balaban J connectivity index is 1.30. The van der Waals surface area contributed by atoms with Crippen LogP contribution in [0.15, 0.2) is 17.1 Å². The zero-order valence-corrected chi connectivity index (χ0v) is 17.8. The first-order valence-corrected chi connectivity index (χ1v) is 11.0. The number of nitrogens with zero attached hydrogens (tertiary/aromatic N) is 4. The van der Waals surface area contributed by atoms with Crippen LogP contribution in [-0.2, 0) is 25.5 Å². The molecule has 0 N–H and O–H groups in total. The van der Waals surface area contributed by atoms with Crippen LogP contribution >= 0.6 is 0 Å². The average Bonchev–Trinajstić information content (AvgIpc) is 3.21. The van der Waals surface area contributed by atoms with Gasteiger partial charge in [-0.25, -0.2) is 4.68 Å². The van der Waals surface area contributed by atoms with Gasteiger partial charge in [0, 0.05) is 58.6 Å². The molecule has 4 heterocycles. The van der Waals surface area contributed by atoms with Crippen LogP contribution < -0.4 is 10.5 Å². The normalized spacial score (nSPS) is 23.8. The van der Waals surface area contributed by atoms with Gasteiger partial charge in [-0.15, -0.1) is 0 Å². The van der Waals surface area contributed by atoms with Crippen molar-refractivity contribution in [1.82, 2.24) is 14.7 Å². The van der Waals surface area contributed by atoms with Crippen molar-refractivity contribution in [3.05, 3.63) is 22.6 Å². The lowest BCUT2D eigenvalue weighted by molar-refractivity contribution is -0.187. The predicted octanol–water partition coefficient (Wildman–Crippen LogP) is 0.862. The zero-order valence-electron chi connectivity index (χ0n) is 17.8. The van der Waals surface area contributed by atoms with E-state index in [9.17, 15) is 9.59 Å². The first-order chi connectivity index (χ1) is 14.6. The molecule has 1 aromatic heterocycles. The van der Waals surface area contributed by atoms with E-state index in [1.165, 1.54) is 4.68 Å². The maximum absolute atomic E-state index is 12.9. The van der Waals surface area contributed by atoms with Gasteiger partial charge in [-0.05, 0) is 18.8 Å². The quantitative estimate of drug-likeness (QED) is 0.675. The molecule has 0 radical (unpaired) electrons. The molecular formula is C21H32N4O5. The first-order valence-electron chi connectivity index (χ1n) is 11.0. The van der Waals surface area contributed by atoms with Crippen LogP contribution in [-0.4, -0.2) is 79.5 Å². The second kappa shape index (κ2) is 9.45. The Morgan fingerprint density at radius 1 is 1.27 bits per heavy atom. The fourth-order valence-corrected chi connectivity index (χ4v) is 4.67. The minimum atomic E-state index is -0.450. The highest BCUT2D eigenvalue weighted by atomic mass is 16.7. The molecule has 1 spiro atoms. The highest BCUT2D eigenvalue weighted by Gasteiger charge is 2.41. The molecule has 0 saturated carbocycles. The van der Waals surface area contributed by atoms with Gasteiger partial charge in [-0.2, -0.15) is 5.10 Å². The van der Waals surface area contributed by atoms with E-state index < -0.39 is 5.79 Å². The average molecular weight is 421 g/mol. The van der Waals surface area contributed by atoms with Crippen LogP contribution in [0, 0.1) is 5.92 Å². The fourth-order valence-electron chi connectivity index (χ4n) is 4.67. The summed E-state index contributed by atoms with van der Waals surface area (Å²) in [6.45, 7) is 5.25. The number of anilines is 1. The van der Waals surface area contributed by atoms with Gasteiger partial charge in [0.05, 0.1) is 38.2 Å². The summed E-state index contributed by atoms with van der Waals surface area (Å²) in [7, 11) is 1.60. The third kappa shape index (κ3) is 4.84. The molecule has 9 heteroatoms. The first kappa shape index (κ1) is 21.3. The molecule has 9 nitrogen and oxygen atoms in total. The lowest BCUT2D eigenvalue weighted by Crippen LogP contribution is -2.48. The van der Waals surface area contributed by atoms with E-state index >= 15 is 0 Å². The molecule has 1 amide bonds. The van der Waals surface area contributed by atoms with E-state index in [1.807, 2.05) is 4.90 Å². The molecule has 166 valence electrons. The van der Waals surface area contributed by atoms with E-state index in [1.54, 1.807) is 19.4 Å². The van der Waals surface area contributed by atoms with E-state index in [4.69, 9.17) is 14.2 Å². The Bertz CT molecular complexity index is 782. The third-order valence-corrected chi connectivity index (χ3v) is 6.40. The Labute approximate surface area is 176 Å². The predicted molar refractivity (Wildman–Crippen MR) is 110 cm³/mol.